The van der Waals surface area contributed by atoms with Crippen LogP contribution in [-0.2, 0) is 0 Å². The number of imidazole rings is 1. The summed E-state index contributed by atoms with van der Waals surface area (Å²) in [5.74, 6) is 0.967. The number of hydrogen-bond acceptors (Lipinski definition) is 2. The molecule has 0 aliphatic rings. The van der Waals surface area contributed by atoms with Gasteiger partial charge in [-0.1, -0.05) is 68.8 Å². The van der Waals surface area contributed by atoms with Gasteiger partial charge in [-0.2, -0.15) is 0 Å². The predicted octanol–water partition coefficient (Wildman–Crippen LogP) is 6.78. The first-order valence-electron chi connectivity index (χ1n) is 9.32. The Kier molecular flexibility index (Phi) is 5.34. The maximum Gasteiger partial charge on any atom is 0.139 e. The number of fused-ring (bicyclic) bond motifs is 1. The van der Waals surface area contributed by atoms with Crippen molar-refractivity contribution in [3.8, 4) is 0 Å². The lowest BCUT2D eigenvalue weighted by atomic mass is 9.82. The summed E-state index contributed by atoms with van der Waals surface area (Å²) in [4.78, 5) is 4.80. The molecule has 4 heteroatoms. The Morgan fingerprint density at radius 1 is 1.00 bits per heavy atom. The van der Waals surface area contributed by atoms with Crippen LogP contribution in [0.1, 0.15) is 52.3 Å². The van der Waals surface area contributed by atoms with Gasteiger partial charge in [0, 0.05) is 11.7 Å². The van der Waals surface area contributed by atoms with Crippen LogP contribution in [0, 0.1) is 5.41 Å². The lowest BCUT2D eigenvalue weighted by Gasteiger charge is -2.34. The molecule has 1 aromatic carbocycles. The minimum atomic E-state index is -0.0914. The fraction of sp³-hybridized carbons (Fsp3) is 0.348. The molecule has 3 aromatic rings. The maximum absolute atomic E-state index is 6.26. The molecule has 3 nitrogen and oxygen atoms in total. The third-order valence-corrected chi connectivity index (χ3v) is 4.50. The zero-order valence-electron chi connectivity index (χ0n) is 16.8. The quantitative estimate of drug-likeness (QED) is 0.527. The van der Waals surface area contributed by atoms with Gasteiger partial charge in [-0.15, -0.1) is 0 Å². The first-order chi connectivity index (χ1) is 12.6. The van der Waals surface area contributed by atoms with E-state index in [9.17, 15) is 0 Å². The van der Waals surface area contributed by atoms with Crippen molar-refractivity contribution in [2.75, 3.05) is 5.32 Å². The van der Waals surface area contributed by atoms with Crippen molar-refractivity contribution in [1.82, 2.24) is 9.38 Å². The van der Waals surface area contributed by atoms with E-state index in [0.717, 1.165) is 29.1 Å². The van der Waals surface area contributed by atoms with Crippen LogP contribution >= 0.6 is 11.6 Å². The molecule has 0 aliphatic heterocycles. The van der Waals surface area contributed by atoms with E-state index < -0.39 is 0 Å². The van der Waals surface area contributed by atoms with E-state index in [1.807, 2.05) is 40.9 Å². The van der Waals surface area contributed by atoms with E-state index in [-0.39, 0.29) is 11.0 Å². The molecular weight excluding hydrogens is 354 g/mol. The Labute approximate surface area is 167 Å². The fourth-order valence-electron chi connectivity index (χ4n) is 3.71. The first kappa shape index (κ1) is 19.5. The van der Waals surface area contributed by atoms with Gasteiger partial charge in [-0.25, -0.2) is 4.98 Å². The van der Waals surface area contributed by atoms with Crippen molar-refractivity contribution >= 4 is 35.2 Å². The molecule has 3 rings (SSSR count). The Morgan fingerprint density at radius 3 is 2.37 bits per heavy atom. The second-order valence-corrected chi connectivity index (χ2v) is 9.35. The molecule has 0 saturated heterocycles. The van der Waals surface area contributed by atoms with Crippen molar-refractivity contribution in [1.29, 1.82) is 0 Å². The number of benzene rings is 1. The molecule has 0 bridgehead atoms. The number of anilines is 1. The molecule has 0 radical (unpaired) electrons. The van der Waals surface area contributed by atoms with Crippen LogP contribution in [0.5, 0.6) is 0 Å². The molecule has 0 spiro atoms. The van der Waals surface area contributed by atoms with Crippen LogP contribution in [-0.4, -0.2) is 14.9 Å². The number of halogens is 1. The van der Waals surface area contributed by atoms with Crippen LogP contribution in [0.25, 0.3) is 17.8 Å². The Morgan fingerprint density at radius 2 is 1.70 bits per heavy atom. The normalized spacial score (nSPS) is 12.8. The summed E-state index contributed by atoms with van der Waals surface area (Å²) in [5, 5.41) is 4.41. The standard InChI is InChI=1S/C23H28ClN3/c1-22(2,3)16-23(4,5)26-21-19(13-11-17-9-7-6-8-10-17)25-20-14-12-18(24)15-27(20)21/h6-15,26H,16H2,1-5H3/b13-11+. The number of nitrogens with one attached hydrogen (secondary N) is 1. The second-order valence-electron chi connectivity index (χ2n) is 8.91. The van der Waals surface area contributed by atoms with Gasteiger partial charge in [0.05, 0.1) is 5.02 Å². The Hall–Kier alpha value is -2.26. The van der Waals surface area contributed by atoms with Gasteiger partial charge in [-0.3, -0.25) is 4.40 Å². The average Bonchev–Trinajstić information content (AvgIpc) is 2.88. The highest BCUT2D eigenvalue weighted by atomic mass is 35.5. The summed E-state index contributed by atoms with van der Waals surface area (Å²) in [6.45, 7) is 11.2. The average molecular weight is 382 g/mol. The van der Waals surface area contributed by atoms with Crippen LogP contribution in [0.4, 0.5) is 5.82 Å². The minimum Gasteiger partial charge on any atom is -0.364 e. The van der Waals surface area contributed by atoms with Crippen molar-refractivity contribution < 1.29 is 0 Å². The summed E-state index contributed by atoms with van der Waals surface area (Å²) in [6.07, 6.45) is 7.09. The number of aromatic nitrogens is 2. The summed E-state index contributed by atoms with van der Waals surface area (Å²) >= 11 is 6.26. The van der Waals surface area contributed by atoms with Gasteiger partial charge >= 0.3 is 0 Å². The monoisotopic (exact) mass is 381 g/mol. The van der Waals surface area contributed by atoms with E-state index in [4.69, 9.17) is 16.6 Å². The van der Waals surface area contributed by atoms with Crippen molar-refractivity contribution in [3.63, 3.8) is 0 Å². The Balaban J connectivity index is 2.03. The summed E-state index contributed by atoms with van der Waals surface area (Å²) < 4.78 is 2.04. The largest absolute Gasteiger partial charge is 0.364 e. The van der Waals surface area contributed by atoms with Crippen LogP contribution in [0.3, 0.4) is 0 Å². The molecule has 142 valence electrons. The SMILES string of the molecule is CC(C)(C)CC(C)(C)Nc1c(/C=C/c2ccccc2)nc2ccc(Cl)cn12. The molecule has 0 atom stereocenters. The van der Waals surface area contributed by atoms with Crippen LogP contribution in [0.15, 0.2) is 48.7 Å². The number of rotatable bonds is 5. The third-order valence-electron chi connectivity index (χ3n) is 4.27. The zero-order valence-corrected chi connectivity index (χ0v) is 17.5. The second kappa shape index (κ2) is 7.40. The minimum absolute atomic E-state index is 0.0914. The number of hydrogen-bond donors (Lipinski definition) is 1. The molecule has 0 saturated carbocycles. The topological polar surface area (TPSA) is 29.3 Å². The molecule has 0 aliphatic carbocycles. The third kappa shape index (κ3) is 5.14. The van der Waals surface area contributed by atoms with E-state index in [1.54, 1.807) is 0 Å². The molecular formula is C23H28ClN3. The highest BCUT2D eigenvalue weighted by Crippen LogP contribution is 2.32. The van der Waals surface area contributed by atoms with E-state index in [1.165, 1.54) is 0 Å². The molecule has 27 heavy (non-hydrogen) atoms. The summed E-state index contributed by atoms with van der Waals surface area (Å²) in [6, 6.07) is 14.1. The van der Waals surface area contributed by atoms with Gasteiger partial charge in [0.15, 0.2) is 0 Å². The van der Waals surface area contributed by atoms with Crippen LogP contribution in [0.2, 0.25) is 5.02 Å². The zero-order chi connectivity index (χ0) is 19.7. The molecule has 0 fully saturated rings. The van der Waals surface area contributed by atoms with Gasteiger partial charge in [0.1, 0.15) is 17.2 Å². The van der Waals surface area contributed by atoms with Crippen molar-refractivity contribution in [2.24, 2.45) is 5.41 Å². The molecule has 2 heterocycles. The highest BCUT2D eigenvalue weighted by Gasteiger charge is 2.27. The van der Waals surface area contributed by atoms with Gasteiger partial charge in [0.25, 0.3) is 0 Å². The van der Waals surface area contributed by atoms with Gasteiger partial charge in [-0.05, 0) is 49.5 Å². The van der Waals surface area contributed by atoms with E-state index >= 15 is 0 Å². The van der Waals surface area contributed by atoms with E-state index in [0.29, 0.717) is 5.02 Å². The highest BCUT2D eigenvalue weighted by molar-refractivity contribution is 6.30. The number of pyridine rings is 1. The lowest BCUT2D eigenvalue weighted by Crippen LogP contribution is -2.36. The van der Waals surface area contributed by atoms with Crippen LogP contribution < -0.4 is 5.32 Å². The van der Waals surface area contributed by atoms with Crippen molar-refractivity contribution in [2.45, 2.75) is 46.6 Å². The van der Waals surface area contributed by atoms with Gasteiger partial charge < -0.3 is 5.32 Å². The molecule has 0 unspecified atom stereocenters. The molecule has 0 amide bonds. The summed E-state index contributed by atoms with van der Waals surface area (Å²) in [7, 11) is 0. The first-order valence-corrected chi connectivity index (χ1v) is 9.70. The Bertz CT molecular complexity index is 947. The maximum atomic E-state index is 6.26. The fourth-order valence-corrected chi connectivity index (χ4v) is 3.87. The molecule has 1 N–H and O–H groups in total. The molecule has 2 aromatic heterocycles. The summed E-state index contributed by atoms with van der Waals surface area (Å²) in [5.41, 5.74) is 3.05. The van der Waals surface area contributed by atoms with Crippen molar-refractivity contribution in [3.05, 3.63) is 64.9 Å². The van der Waals surface area contributed by atoms with Gasteiger partial charge in [0.2, 0.25) is 0 Å². The predicted molar refractivity (Wildman–Crippen MR) is 117 cm³/mol. The smallest absolute Gasteiger partial charge is 0.139 e. The van der Waals surface area contributed by atoms with E-state index in [2.05, 4.69) is 64.2 Å². The number of nitrogens with zero attached hydrogens (tertiary/aromatic N) is 2. The lowest BCUT2D eigenvalue weighted by molar-refractivity contribution is 0.302.